The Hall–Kier alpha value is -1.91. The molecule has 0 radical (unpaired) electrons. The molecule has 0 saturated carbocycles. The molecule has 1 aromatic carbocycles. The summed E-state index contributed by atoms with van der Waals surface area (Å²) in [6.07, 6.45) is 4.25. The molecule has 0 amide bonds. The zero-order chi connectivity index (χ0) is 18.0. The minimum Gasteiger partial charge on any atom is -0.497 e. The highest BCUT2D eigenvalue weighted by Gasteiger charge is 2.36. The molecule has 2 heterocycles. The topological polar surface area (TPSA) is 45.6 Å². The van der Waals surface area contributed by atoms with E-state index >= 15 is 0 Å². The molecule has 0 spiro atoms. The van der Waals surface area contributed by atoms with Gasteiger partial charge in [-0.3, -0.25) is 9.88 Å². The lowest BCUT2D eigenvalue weighted by Crippen LogP contribution is -2.48. The molecule has 4 nitrogen and oxygen atoms in total. The minimum atomic E-state index is -0.550. The molecule has 1 saturated heterocycles. The SMILES string of the molecule is C=C[C@H]1CN(CC)C(C(O)c2ccnc3ccc(OC)cc23)CC1C. The summed E-state index contributed by atoms with van der Waals surface area (Å²) in [5.74, 6) is 1.78. The first-order chi connectivity index (χ1) is 12.1. The number of aliphatic hydroxyl groups excluding tert-OH is 1. The Labute approximate surface area is 150 Å². The van der Waals surface area contributed by atoms with E-state index in [0.29, 0.717) is 11.8 Å². The second kappa shape index (κ2) is 7.54. The van der Waals surface area contributed by atoms with Gasteiger partial charge in [0.2, 0.25) is 0 Å². The Bertz CT molecular complexity index is 746. The second-order valence-corrected chi connectivity index (χ2v) is 7.00. The molecule has 2 aromatic rings. The van der Waals surface area contributed by atoms with Crippen molar-refractivity contribution in [3.8, 4) is 5.75 Å². The van der Waals surface area contributed by atoms with Crippen molar-refractivity contribution in [2.75, 3.05) is 20.2 Å². The predicted molar refractivity (Wildman–Crippen MR) is 102 cm³/mol. The number of methoxy groups -OCH3 is 1. The Kier molecular flexibility index (Phi) is 5.40. The maximum atomic E-state index is 11.2. The van der Waals surface area contributed by atoms with Crippen LogP contribution in [0.25, 0.3) is 10.9 Å². The number of likely N-dealkylation sites (N-methyl/N-ethyl adjacent to an activating group) is 1. The van der Waals surface area contributed by atoms with Gasteiger partial charge in [-0.25, -0.2) is 0 Å². The third-order valence-corrected chi connectivity index (χ3v) is 5.63. The summed E-state index contributed by atoms with van der Waals surface area (Å²) in [6.45, 7) is 10.3. The lowest BCUT2D eigenvalue weighted by molar-refractivity contribution is -0.000124. The number of nitrogens with zero attached hydrogens (tertiary/aromatic N) is 2. The van der Waals surface area contributed by atoms with Crippen LogP contribution in [-0.2, 0) is 0 Å². The van der Waals surface area contributed by atoms with Crippen LogP contribution in [0.2, 0.25) is 0 Å². The molecule has 25 heavy (non-hydrogen) atoms. The second-order valence-electron chi connectivity index (χ2n) is 7.00. The van der Waals surface area contributed by atoms with E-state index in [1.54, 1.807) is 13.3 Å². The molecule has 1 aromatic heterocycles. The number of aliphatic hydroxyl groups is 1. The zero-order valence-corrected chi connectivity index (χ0v) is 15.4. The van der Waals surface area contributed by atoms with Crippen molar-refractivity contribution in [3.05, 3.63) is 48.7 Å². The number of hydrogen-bond donors (Lipinski definition) is 1. The van der Waals surface area contributed by atoms with E-state index in [-0.39, 0.29) is 6.04 Å². The lowest BCUT2D eigenvalue weighted by atomic mass is 9.80. The molecule has 3 rings (SSSR count). The van der Waals surface area contributed by atoms with Crippen LogP contribution in [0, 0.1) is 11.8 Å². The van der Waals surface area contributed by atoms with Crippen molar-refractivity contribution >= 4 is 10.9 Å². The van der Waals surface area contributed by atoms with Crippen molar-refractivity contribution < 1.29 is 9.84 Å². The quantitative estimate of drug-likeness (QED) is 0.841. The van der Waals surface area contributed by atoms with Crippen LogP contribution in [-0.4, -0.2) is 41.2 Å². The molecule has 4 atom stereocenters. The van der Waals surface area contributed by atoms with Crippen molar-refractivity contribution in [1.29, 1.82) is 0 Å². The molecule has 4 heteroatoms. The normalized spacial score (nSPS) is 25.7. The summed E-state index contributed by atoms with van der Waals surface area (Å²) in [4.78, 5) is 6.81. The number of rotatable bonds is 5. The number of benzene rings is 1. The smallest absolute Gasteiger partial charge is 0.119 e. The van der Waals surface area contributed by atoms with Gasteiger partial charge in [0.15, 0.2) is 0 Å². The van der Waals surface area contributed by atoms with Gasteiger partial charge in [-0.05, 0) is 54.6 Å². The van der Waals surface area contributed by atoms with Gasteiger partial charge in [-0.2, -0.15) is 0 Å². The fraction of sp³-hybridized carbons (Fsp3) is 0.476. The minimum absolute atomic E-state index is 0.105. The van der Waals surface area contributed by atoms with Gasteiger partial charge in [0.25, 0.3) is 0 Å². The molecule has 1 aliphatic heterocycles. The highest BCUT2D eigenvalue weighted by atomic mass is 16.5. The maximum absolute atomic E-state index is 11.2. The van der Waals surface area contributed by atoms with Crippen LogP contribution in [0.1, 0.15) is 31.9 Å². The van der Waals surface area contributed by atoms with E-state index in [9.17, 15) is 5.11 Å². The zero-order valence-electron chi connectivity index (χ0n) is 15.4. The highest BCUT2D eigenvalue weighted by Crippen LogP contribution is 2.37. The van der Waals surface area contributed by atoms with E-state index in [4.69, 9.17) is 4.74 Å². The van der Waals surface area contributed by atoms with Crippen LogP contribution < -0.4 is 4.74 Å². The third-order valence-electron chi connectivity index (χ3n) is 5.63. The van der Waals surface area contributed by atoms with Crippen LogP contribution in [0.3, 0.4) is 0 Å². The summed E-state index contributed by atoms with van der Waals surface area (Å²) in [5.41, 5.74) is 1.81. The molecular weight excluding hydrogens is 312 g/mol. The Balaban J connectivity index is 1.98. The molecule has 134 valence electrons. The first-order valence-corrected chi connectivity index (χ1v) is 9.06. The van der Waals surface area contributed by atoms with Crippen LogP contribution in [0.15, 0.2) is 43.1 Å². The Morgan fingerprint density at radius 1 is 1.44 bits per heavy atom. The van der Waals surface area contributed by atoms with Crippen molar-refractivity contribution in [3.63, 3.8) is 0 Å². The van der Waals surface area contributed by atoms with Crippen LogP contribution in [0.5, 0.6) is 5.75 Å². The van der Waals surface area contributed by atoms with Crippen LogP contribution >= 0.6 is 0 Å². The average Bonchev–Trinajstić information content (AvgIpc) is 2.66. The fourth-order valence-electron chi connectivity index (χ4n) is 4.03. The number of hydrogen-bond acceptors (Lipinski definition) is 4. The van der Waals surface area contributed by atoms with Gasteiger partial charge in [0, 0.05) is 24.2 Å². The van der Waals surface area contributed by atoms with Crippen molar-refractivity contribution in [1.82, 2.24) is 9.88 Å². The summed E-state index contributed by atoms with van der Waals surface area (Å²) < 4.78 is 5.36. The van der Waals surface area contributed by atoms with Gasteiger partial charge in [-0.15, -0.1) is 6.58 Å². The average molecular weight is 340 g/mol. The molecule has 1 fully saturated rings. The number of ether oxygens (including phenoxy) is 1. The van der Waals surface area contributed by atoms with E-state index in [1.807, 2.05) is 24.3 Å². The molecule has 0 aliphatic carbocycles. The Morgan fingerprint density at radius 2 is 2.24 bits per heavy atom. The third kappa shape index (κ3) is 3.42. The predicted octanol–water partition coefficient (Wildman–Crippen LogP) is 3.81. The van der Waals surface area contributed by atoms with Gasteiger partial charge < -0.3 is 9.84 Å². The van der Waals surface area contributed by atoms with Gasteiger partial charge >= 0.3 is 0 Å². The summed E-state index contributed by atoms with van der Waals surface area (Å²) >= 11 is 0. The van der Waals surface area contributed by atoms with Crippen molar-refractivity contribution in [2.24, 2.45) is 11.8 Å². The maximum Gasteiger partial charge on any atom is 0.119 e. The summed E-state index contributed by atoms with van der Waals surface area (Å²) in [5, 5.41) is 12.2. The number of fused-ring (bicyclic) bond motifs is 1. The van der Waals surface area contributed by atoms with Gasteiger partial charge in [-0.1, -0.05) is 19.9 Å². The largest absolute Gasteiger partial charge is 0.497 e. The van der Waals surface area contributed by atoms with Crippen LogP contribution in [0.4, 0.5) is 0 Å². The van der Waals surface area contributed by atoms with Gasteiger partial charge in [0.05, 0.1) is 18.7 Å². The molecule has 0 bridgehead atoms. The van der Waals surface area contributed by atoms with Crippen molar-refractivity contribution in [2.45, 2.75) is 32.4 Å². The highest BCUT2D eigenvalue weighted by molar-refractivity contribution is 5.83. The monoisotopic (exact) mass is 340 g/mol. The molecular formula is C21H28N2O2. The lowest BCUT2D eigenvalue weighted by Gasteiger charge is -2.44. The summed E-state index contributed by atoms with van der Waals surface area (Å²) in [7, 11) is 1.66. The van der Waals surface area contributed by atoms with E-state index < -0.39 is 6.10 Å². The number of aromatic nitrogens is 1. The van der Waals surface area contributed by atoms with E-state index in [0.717, 1.165) is 41.7 Å². The summed E-state index contributed by atoms with van der Waals surface area (Å²) in [6, 6.07) is 7.86. The molecule has 3 unspecified atom stereocenters. The van der Waals surface area contributed by atoms with Gasteiger partial charge in [0.1, 0.15) is 5.75 Å². The standard InChI is InChI=1S/C21H28N2O2/c1-5-15-13-23(6-2)20(11-14(15)3)21(24)17-9-10-22-19-8-7-16(25-4)12-18(17)19/h5,7-10,12,14-15,20-21,24H,1,6,11,13H2,2-4H3/t14?,15-,20?,21?/m0/s1. The first-order valence-electron chi connectivity index (χ1n) is 9.06. The number of likely N-dealkylation sites (tertiary alicyclic amines) is 1. The number of piperidine rings is 1. The molecule has 1 aliphatic rings. The van der Waals surface area contributed by atoms with E-state index in [2.05, 4.69) is 36.4 Å². The fourth-order valence-corrected chi connectivity index (χ4v) is 4.03. The first kappa shape index (κ1) is 17.9. The van der Waals surface area contributed by atoms with E-state index in [1.165, 1.54) is 0 Å². The Morgan fingerprint density at radius 3 is 2.92 bits per heavy atom. The number of pyridine rings is 1. The molecule has 1 N–H and O–H groups in total.